The molecule has 1 atom stereocenters. The highest BCUT2D eigenvalue weighted by Gasteiger charge is 2.23. The molecule has 4 heteroatoms. The number of hydrogen-bond acceptors (Lipinski definition) is 2. The van der Waals surface area contributed by atoms with Crippen LogP contribution in [0, 0.1) is 0 Å². The molecule has 2 fully saturated rings. The largest absolute Gasteiger partial charge is 0.360 e. The van der Waals surface area contributed by atoms with Crippen LogP contribution in [0.2, 0.25) is 0 Å². The second-order valence-electron chi connectivity index (χ2n) is 6.66. The van der Waals surface area contributed by atoms with Crippen LogP contribution in [0.3, 0.4) is 0 Å². The molecule has 0 amide bonds. The average Bonchev–Trinajstić information content (AvgIpc) is 2.96. The second-order valence-corrected chi connectivity index (χ2v) is 7.07. The average molecular weight is 318 g/mol. The molecule has 22 heavy (non-hydrogen) atoms. The third-order valence-electron chi connectivity index (χ3n) is 4.80. The molecule has 1 aromatic carbocycles. The molecule has 0 unspecified atom stereocenters. The van der Waals surface area contributed by atoms with Gasteiger partial charge in [-0.15, -0.1) is 0 Å². The van der Waals surface area contributed by atoms with E-state index in [0.29, 0.717) is 12.1 Å². The fraction of sp³-hybridized carbons (Fsp3) is 0.611. The molecule has 0 radical (unpaired) electrons. The van der Waals surface area contributed by atoms with E-state index >= 15 is 0 Å². The third-order valence-corrected chi connectivity index (χ3v) is 5.03. The zero-order valence-corrected chi connectivity index (χ0v) is 14.1. The van der Waals surface area contributed by atoms with Crippen molar-refractivity contribution in [2.75, 3.05) is 13.1 Å². The lowest BCUT2D eigenvalue weighted by Crippen LogP contribution is -2.47. The monoisotopic (exact) mass is 317 g/mol. The first-order chi connectivity index (χ1) is 10.8. The van der Waals surface area contributed by atoms with Gasteiger partial charge in [-0.05, 0) is 37.0 Å². The van der Waals surface area contributed by atoms with Gasteiger partial charge >= 0.3 is 0 Å². The lowest BCUT2D eigenvalue weighted by Gasteiger charge is -2.26. The van der Waals surface area contributed by atoms with Crippen LogP contribution >= 0.6 is 12.2 Å². The molecular weight excluding hydrogens is 290 g/mol. The Balaban J connectivity index is 1.39. The van der Waals surface area contributed by atoms with Gasteiger partial charge in [0.2, 0.25) is 0 Å². The zero-order valence-electron chi connectivity index (χ0n) is 13.3. The summed E-state index contributed by atoms with van der Waals surface area (Å²) in [5, 5.41) is 7.89. The van der Waals surface area contributed by atoms with Gasteiger partial charge in [-0.2, -0.15) is 0 Å². The standard InChI is InChI=1S/C18H27N3S/c22-18(19-16-9-5-2-6-10-16)20-17-11-12-21(14-17)13-15-7-3-1-4-8-15/h1,3-4,7-8,16-17H,2,5-6,9-14H2,(H2,19,20,22)/t17-/m1/s1. The van der Waals surface area contributed by atoms with E-state index in [4.69, 9.17) is 12.2 Å². The highest BCUT2D eigenvalue weighted by molar-refractivity contribution is 7.80. The molecule has 1 aromatic rings. The first-order valence-electron chi connectivity index (χ1n) is 8.63. The van der Waals surface area contributed by atoms with Crippen molar-refractivity contribution in [2.45, 2.75) is 57.2 Å². The van der Waals surface area contributed by atoms with E-state index < -0.39 is 0 Å². The molecule has 3 rings (SSSR count). The molecule has 2 N–H and O–H groups in total. The predicted octanol–water partition coefficient (Wildman–Crippen LogP) is 3.06. The fourth-order valence-corrected chi connectivity index (χ4v) is 3.93. The van der Waals surface area contributed by atoms with Crippen molar-refractivity contribution < 1.29 is 0 Å². The maximum Gasteiger partial charge on any atom is 0.166 e. The van der Waals surface area contributed by atoms with Gasteiger partial charge in [0.15, 0.2) is 5.11 Å². The lowest BCUT2D eigenvalue weighted by molar-refractivity contribution is 0.324. The Morgan fingerprint density at radius 3 is 2.50 bits per heavy atom. The van der Waals surface area contributed by atoms with Crippen molar-refractivity contribution >= 4 is 17.3 Å². The van der Waals surface area contributed by atoms with Crippen LogP contribution in [0.25, 0.3) is 0 Å². The van der Waals surface area contributed by atoms with E-state index in [2.05, 4.69) is 45.9 Å². The maximum absolute atomic E-state index is 5.50. The van der Waals surface area contributed by atoms with Crippen molar-refractivity contribution in [2.24, 2.45) is 0 Å². The summed E-state index contributed by atoms with van der Waals surface area (Å²) in [4.78, 5) is 2.51. The van der Waals surface area contributed by atoms with Gasteiger partial charge < -0.3 is 10.6 Å². The molecule has 1 aliphatic heterocycles. The molecule has 2 aliphatic rings. The Morgan fingerprint density at radius 1 is 1.00 bits per heavy atom. The van der Waals surface area contributed by atoms with Gasteiger partial charge in [0.1, 0.15) is 0 Å². The summed E-state index contributed by atoms with van der Waals surface area (Å²) in [6.45, 7) is 3.28. The van der Waals surface area contributed by atoms with Crippen LogP contribution in [-0.2, 0) is 6.54 Å². The van der Waals surface area contributed by atoms with Crippen molar-refractivity contribution in [3.05, 3.63) is 35.9 Å². The van der Waals surface area contributed by atoms with Gasteiger partial charge in [-0.1, -0.05) is 49.6 Å². The number of thiocarbonyl (C=S) groups is 1. The van der Waals surface area contributed by atoms with Crippen molar-refractivity contribution in [3.63, 3.8) is 0 Å². The minimum atomic E-state index is 0.493. The van der Waals surface area contributed by atoms with Crippen LogP contribution in [0.5, 0.6) is 0 Å². The lowest BCUT2D eigenvalue weighted by atomic mass is 9.96. The third kappa shape index (κ3) is 4.68. The summed E-state index contributed by atoms with van der Waals surface area (Å²) in [7, 11) is 0. The van der Waals surface area contributed by atoms with Gasteiger partial charge in [0.25, 0.3) is 0 Å². The molecule has 1 saturated heterocycles. The number of benzene rings is 1. The van der Waals surface area contributed by atoms with Crippen LogP contribution in [0.15, 0.2) is 30.3 Å². The van der Waals surface area contributed by atoms with E-state index in [1.54, 1.807) is 0 Å². The Morgan fingerprint density at radius 2 is 1.73 bits per heavy atom. The summed E-state index contributed by atoms with van der Waals surface area (Å²) in [5.41, 5.74) is 1.39. The molecule has 3 nitrogen and oxygen atoms in total. The predicted molar refractivity (Wildman–Crippen MR) is 95.9 cm³/mol. The fourth-order valence-electron chi connectivity index (χ4n) is 3.60. The Kier molecular flexibility index (Phi) is 5.68. The summed E-state index contributed by atoms with van der Waals surface area (Å²) in [5.74, 6) is 0. The van der Waals surface area contributed by atoms with Crippen LogP contribution in [0.1, 0.15) is 44.1 Å². The highest BCUT2D eigenvalue weighted by atomic mass is 32.1. The Bertz CT molecular complexity index is 470. The van der Waals surface area contributed by atoms with Crippen molar-refractivity contribution in [3.8, 4) is 0 Å². The van der Waals surface area contributed by atoms with Crippen molar-refractivity contribution in [1.82, 2.24) is 15.5 Å². The molecule has 0 spiro atoms. The van der Waals surface area contributed by atoms with Crippen LogP contribution < -0.4 is 10.6 Å². The van der Waals surface area contributed by atoms with E-state index in [0.717, 1.165) is 24.7 Å². The Labute approximate surface area is 139 Å². The summed E-state index contributed by atoms with van der Waals surface area (Å²) >= 11 is 5.50. The zero-order chi connectivity index (χ0) is 15.2. The minimum absolute atomic E-state index is 0.493. The normalized spacial score (nSPS) is 23.4. The topological polar surface area (TPSA) is 27.3 Å². The first kappa shape index (κ1) is 15.8. The van der Waals surface area contributed by atoms with Gasteiger partial charge in [-0.25, -0.2) is 0 Å². The number of likely N-dealkylation sites (tertiary alicyclic amines) is 1. The smallest absolute Gasteiger partial charge is 0.166 e. The SMILES string of the molecule is S=C(NC1CCCCC1)N[C@@H]1CCN(Cc2ccccc2)C1. The van der Waals surface area contributed by atoms with Crippen molar-refractivity contribution in [1.29, 1.82) is 0 Å². The number of hydrogen-bond donors (Lipinski definition) is 2. The van der Waals surface area contributed by atoms with Gasteiger partial charge in [0.05, 0.1) is 0 Å². The molecule has 0 bridgehead atoms. The molecule has 120 valence electrons. The molecule has 1 saturated carbocycles. The molecular formula is C18H27N3S. The van der Waals surface area contributed by atoms with Gasteiger partial charge in [0, 0.05) is 31.7 Å². The number of nitrogens with zero attached hydrogens (tertiary/aromatic N) is 1. The Hall–Kier alpha value is -1.13. The van der Waals surface area contributed by atoms with E-state index in [9.17, 15) is 0 Å². The molecule has 0 aromatic heterocycles. The highest BCUT2D eigenvalue weighted by Crippen LogP contribution is 2.17. The summed E-state index contributed by atoms with van der Waals surface area (Å²) in [6.07, 6.45) is 7.79. The van der Waals surface area contributed by atoms with E-state index in [1.165, 1.54) is 44.1 Å². The second kappa shape index (κ2) is 7.93. The van der Waals surface area contributed by atoms with Gasteiger partial charge in [-0.3, -0.25) is 4.90 Å². The summed E-state index contributed by atoms with van der Waals surface area (Å²) < 4.78 is 0. The van der Waals surface area contributed by atoms with Crippen LogP contribution in [-0.4, -0.2) is 35.2 Å². The van der Waals surface area contributed by atoms with E-state index in [1.807, 2.05) is 0 Å². The number of rotatable bonds is 4. The van der Waals surface area contributed by atoms with E-state index in [-0.39, 0.29) is 0 Å². The molecule has 1 heterocycles. The maximum atomic E-state index is 5.50. The summed E-state index contributed by atoms with van der Waals surface area (Å²) in [6, 6.07) is 11.8. The number of nitrogens with one attached hydrogen (secondary N) is 2. The molecule has 1 aliphatic carbocycles. The van der Waals surface area contributed by atoms with Crippen LogP contribution in [0.4, 0.5) is 0 Å². The minimum Gasteiger partial charge on any atom is -0.360 e. The first-order valence-corrected chi connectivity index (χ1v) is 9.04. The quantitative estimate of drug-likeness (QED) is 0.835.